The Bertz CT molecular complexity index is 462. The summed E-state index contributed by atoms with van der Waals surface area (Å²) < 4.78 is 2.00. The summed E-state index contributed by atoms with van der Waals surface area (Å²) in [5.41, 5.74) is 2.48. The van der Waals surface area contributed by atoms with E-state index >= 15 is 0 Å². The molecule has 124 valence electrons. The zero-order chi connectivity index (χ0) is 17.1. The minimum Gasteiger partial charge on any atom is -0.270 e. The average Bonchev–Trinajstić information content (AvgIpc) is 3.01. The molecular weight excluding hydrogens is 270 g/mol. The zero-order valence-electron chi connectivity index (χ0n) is 15.5. The number of hydrogen-bond donors (Lipinski definition) is 0. The zero-order valence-corrected chi connectivity index (χ0v) is 15.5. The molecule has 0 bridgehead atoms. The fourth-order valence-electron chi connectivity index (χ4n) is 1.67. The summed E-state index contributed by atoms with van der Waals surface area (Å²) in [4.78, 5) is 4.01. The van der Waals surface area contributed by atoms with E-state index < -0.39 is 0 Å². The number of nitrogens with zero attached hydrogens (tertiary/aromatic N) is 3. The fraction of sp³-hybridized carbons (Fsp3) is 0.579. The van der Waals surface area contributed by atoms with Crippen LogP contribution in [-0.4, -0.2) is 14.8 Å². The Labute approximate surface area is 136 Å². The van der Waals surface area contributed by atoms with Crippen LogP contribution in [-0.2, 0) is 0 Å². The molecule has 0 N–H and O–H groups in total. The summed E-state index contributed by atoms with van der Waals surface area (Å²) in [5.74, 6) is 1.13. The van der Waals surface area contributed by atoms with Gasteiger partial charge in [0.1, 0.15) is 0 Å². The smallest absolute Gasteiger partial charge is 0.0650 e. The lowest BCUT2D eigenvalue weighted by atomic mass is 10.1. The number of rotatable bonds is 3. The summed E-state index contributed by atoms with van der Waals surface area (Å²) in [5, 5.41) is 4.43. The standard InChI is InChI=1S/C9H16N2.C8H11N.C2H6/c1-7(2)9-5-6-11(10-9)8(3)4;1-7(2)8-4-3-5-9-6-8;1-2/h5-8H,1-4H3;3-7H,1-2H3;1-2H3. The number of hydrogen-bond acceptors (Lipinski definition) is 2. The average molecular weight is 303 g/mol. The third-order valence-corrected chi connectivity index (χ3v) is 3.10. The van der Waals surface area contributed by atoms with Crippen molar-refractivity contribution in [1.82, 2.24) is 14.8 Å². The predicted molar refractivity (Wildman–Crippen MR) is 96.4 cm³/mol. The van der Waals surface area contributed by atoms with Crippen molar-refractivity contribution < 1.29 is 0 Å². The quantitative estimate of drug-likeness (QED) is 0.715. The molecule has 0 saturated heterocycles. The second-order valence-electron chi connectivity index (χ2n) is 5.91. The monoisotopic (exact) mass is 303 g/mol. The van der Waals surface area contributed by atoms with E-state index in [1.54, 1.807) is 6.20 Å². The Hall–Kier alpha value is -1.64. The van der Waals surface area contributed by atoms with Gasteiger partial charge in [0.15, 0.2) is 0 Å². The van der Waals surface area contributed by atoms with Crippen LogP contribution in [0.4, 0.5) is 0 Å². The van der Waals surface area contributed by atoms with Gasteiger partial charge in [0.05, 0.1) is 5.69 Å². The van der Waals surface area contributed by atoms with E-state index in [1.807, 2.05) is 37.0 Å². The molecule has 0 aromatic carbocycles. The lowest BCUT2D eigenvalue weighted by molar-refractivity contribution is 0.523. The van der Waals surface area contributed by atoms with Crippen LogP contribution in [0.3, 0.4) is 0 Å². The largest absolute Gasteiger partial charge is 0.270 e. The van der Waals surface area contributed by atoms with Gasteiger partial charge < -0.3 is 0 Å². The van der Waals surface area contributed by atoms with E-state index in [-0.39, 0.29) is 0 Å². The van der Waals surface area contributed by atoms with Gasteiger partial charge in [-0.1, -0.05) is 47.6 Å². The van der Waals surface area contributed by atoms with Gasteiger partial charge in [-0.3, -0.25) is 9.67 Å². The van der Waals surface area contributed by atoms with E-state index in [1.165, 1.54) is 11.3 Å². The summed E-state index contributed by atoms with van der Waals surface area (Å²) in [6, 6.07) is 6.62. The highest BCUT2D eigenvalue weighted by atomic mass is 15.3. The Kier molecular flexibility index (Phi) is 10.2. The SMILES string of the molecule is CC.CC(C)c1cccnc1.CC(C)c1ccn(C(C)C)n1. The summed E-state index contributed by atoms with van der Waals surface area (Å²) in [7, 11) is 0. The van der Waals surface area contributed by atoms with Gasteiger partial charge in [0.25, 0.3) is 0 Å². The van der Waals surface area contributed by atoms with E-state index in [0.29, 0.717) is 17.9 Å². The van der Waals surface area contributed by atoms with E-state index in [2.05, 4.69) is 63.8 Å². The molecule has 2 rings (SSSR count). The van der Waals surface area contributed by atoms with Crippen molar-refractivity contribution in [2.45, 2.75) is 73.3 Å². The first kappa shape index (κ1) is 20.4. The topological polar surface area (TPSA) is 30.7 Å². The second-order valence-corrected chi connectivity index (χ2v) is 5.91. The Morgan fingerprint density at radius 1 is 0.909 bits per heavy atom. The Morgan fingerprint density at radius 2 is 1.55 bits per heavy atom. The molecule has 0 radical (unpaired) electrons. The van der Waals surface area contributed by atoms with Crippen LogP contribution in [0.5, 0.6) is 0 Å². The second kappa shape index (κ2) is 11.0. The van der Waals surface area contributed by atoms with Crippen LogP contribution in [0.25, 0.3) is 0 Å². The van der Waals surface area contributed by atoms with E-state index in [9.17, 15) is 0 Å². The Balaban J connectivity index is 0.000000366. The van der Waals surface area contributed by atoms with Gasteiger partial charge >= 0.3 is 0 Å². The van der Waals surface area contributed by atoms with Crippen LogP contribution in [0.1, 0.15) is 84.5 Å². The van der Waals surface area contributed by atoms with Crippen molar-refractivity contribution in [2.24, 2.45) is 0 Å². The van der Waals surface area contributed by atoms with Crippen molar-refractivity contribution in [3.63, 3.8) is 0 Å². The van der Waals surface area contributed by atoms with Crippen LogP contribution >= 0.6 is 0 Å². The fourth-order valence-corrected chi connectivity index (χ4v) is 1.67. The first-order chi connectivity index (χ1) is 10.4. The molecule has 0 unspecified atom stereocenters. The molecule has 0 fully saturated rings. The molecular formula is C19H33N3. The molecule has 3 nitrogen and oxygen atoms in total. The van der Waals surface area contributed by atoms with Gasteiger partial charge in [0.2, 0.25) is 0 Å². The highest BCUT2D eigenvalue weighted by Crippen LogP contribution is 2.12. The van der Waals surface area contributed by atoms with Gasteiger partial charge in [-0.15, -0.1) is 0 Å². The maximum Gasteiger partial charge on any atom is 0.0650 e. The molecule has 0 spiro atoms. The molecule has 2 aromatic heterocycles. The highest BCUT2D eigenvalue weighted by Gasteiger charge is 2.04. The summed E-state index contributed by atoms with van der Waals surface area (Å²) in [6.07, 6.45) is 5.75. The highest BCUT2D eigenvalue weighted by molar-refractivity contribution is 5.12. The van der Waals surface area contributed by atoms with Crippen molar-refractivity contribution >= 4 is 0 Å². The van der Waals surface area contributed by atoms with Crippen LogP contribution < -0.4 is 0 Å². The molecule has 0 saturated carbocycles. The minimum absolute atomic E-state index is 0.475. The molecule has 0 aliphatic carbocycles. The molecule has 0 aliphatic heterocycles. The molecule has 22 heavy (non-hydrogen) atoms. The Morgan fingerprint density at radius 3 is 1.82 bits per heavy atom. The number of aromatic nitrogens is 3. The van der Waals surface area contributed by atoms with Gasteiger partial charge in [-0.25, -0.2) is 0 Å². The minimum atomic E-state index is 0.475. The third kappa shape index (κ3) is 7.39. The van der Waals surface area contributed by atoms with Crippen LogP contribution in [0, 0.1) is 0 Å². The van der Waals surface area contributed by atoms with Gasteiger partial charge in [-0.05, 0) is 43.4 Å². The van der Waals surface area contributed by atoms with Gasteiger partial charge in [-0.2, -0.15) is 5.10 Å². The van der Waals surface area contributed by atoms with Crippen molar-refractivity contribution in [3.8, 4) is 0 Å². The molecule has 0 aliphatic rings. The van der Waals surface area contributed by atoms with Crippen molar-refractivity contribution in [2.75, 3.05) is 0 Å². The first-order valence-corrected chi connectivity index (χ1v) is 8.36. The molecule has 2 aromatic rings. The first-order valence-electron chi connectivity index (χ1n) is 8.36. The van der Waals surface area contributed by atoms with E-state index in [0.717, 1.165) is 0 Å². The maximum absolute atomic E-state index is 4.43. The summed E-state index contributed by atoms with van der Waals surface area (Å²) >= 11 is 0. The molecule has 2 heterocycles. The molecule has 3 heteroatoms. The van der Waals surface area contributed by atoms with E-state index in [4.69, 9.17) is 0 Å². The predicted octanol–water partition coefficient (Wildman–Crippen LogP) is 5.82. The third-order valence-electron chi connectivity index (χ3n) is 3.10. The molecule has 0 atom stereocenters. The summed E-state index contributed by atoms with van der Waals surface area (Å²) in [6.45, 7) is 16.9. The number of pyridine rings is 1. The van der Waals surface area contributed by atoms with Gasteiger partial charge in [0, 0.05) is 24.6 Å². The maximum atomic E-state index is 4.43. The molecule has 0 amide bonds. The van der Waals surface area contributed by atoms with Crippen molar-refractivity contribution in [1.29, 1.82) is 0 Å². The van der Waals surface area contributed by atoms with Crippen molar-refractivity contribution in [3.05, 3.63) is 48.0 Å². The lowest BCUT2D eigenvalue weighted by Gasteiger charge is -2.04. The van der Waals surface area contributed by atoms with Crippen LogP contribution in [0.15, 0.2) is 36.8 Å². The van der Waals surface area contributed by atoms with Crippen LogP contribution in [0.2, 0.25) is 0 Å². The lowest BCUT2D eigenvalue weighted by Crippen LogP contribution is -2.02. The normalized spacial score (nSPS) is 10.1.